The maximum absolute atomic E-state index is 5.77. The van der Waals surface area contributed by atoms with Crippen molar-refractivity contribution in [3.05, 3.63) is 9.88 Å². The number of nitrogen functional groups attached to an aromatic ring is 1. The van der Waals surface area contributed by atoms with E-state index >= 15 is 0 Å². The van der Waals surface area contributed by atoms with E-state index in [1.165, 1.54) is 0 Å². The number of aromatic nitrogens is 1. The molecule has 1 aromatic heterocycles. The molecule has 4 nitrogen and oxygen atoms in total. The van der Waals surface area contributed by atoms with Gasteiger partial charge >= 0.3 is 0 Å². The van der Waals surface area contributed by atoms with Crippen LogP contribution >= 0.6 is 11.3 Å². The Morgan fingerprint density at radius 3 is 2.88 bits per heavy atom. The van der Waals surface area contributed by atoms with Gasteiger partial charge in [-0.15, -0.1) is 11.3 Å². The van der Waals surface area contributed by atoms with Gasteiger partial charge in [0.05, 0.1) is 6.61 Å². The Bertz CT molecular complexity index is 345. The number of thiazole rings is 1. The number of rotatable bonds is 2. The van der Waals surface area contributed by atoms with Crippen molar-refractivity contribution in [2.24, 2.45) is 0 Å². The van der Waals surface area contributed by atoms with Crippen molar-refractivity contribution < 1.29 is 4.74 Å². The number of hydrogen-bond donors (Lipinski definition) is 1. The summed E-state index contributed by atoms with van der Waals surface area (Å²) in [6.45, 7) is 9.13. The number of anilines is 1. The molecular weight excluding hydrogens is 222 g/mol. The molecule has 2 heterocycles. The molecule has 1 aliphatic heterocycles. The fourth-order valence-corrected chi connectivity index (χ4v) is 2.74. The maximum Gasteiger partial charge on any atom is 0.137 e. The van der Waals surface area contributed by atoms with Crippen molar-refractivity contribution in [2.45, 2.75) is 32.9 Å². The maximum atomic E-state index is 5.77. The van der Waals surface area contributed by atoms with E-state index < -0.39 is 0 Å². The first-order valence-electron chi connectivity index (χ1n) is 5.66. The Morgan fingerprint density at radius 1 is 1.56 bits per heavy atom. The smallest absolute Gasteiger partial charge is 0.137 e. The molecule has 1 saturated heterocycles. The van der Waals surface area contributed by atoms with E-state index in [9.17, 15) is 0 Å². The van der Waals surface area contributed by atoms with Crippen LogP contribution in [0, 0.1) is 6.92 Å². The van der Waals surface area contributed by atoms with Crippen molar-refractivity contribution in [3.8, 4) is 0 Å². The van der Waals surface area contributed by atoms with Crippen LogP contribution in [0.3, 0.4) is 0 Å². The first-order chi connectivity index (χ1) is 7.58. The molecule has 1 aromatic rings. The lowest BCUT2D eigenvalue weighted by Gasteiger charge is -2.34. The van der Waals surface area contributed by atoms with Crippen LogP contribution in [0.25, 0.3) is 0 Å². The first-order valence-corrected chi connectivity index (χ1v) is 6.48. The standard InChI is InChI=1S/C11H19N3OS/c1-7(2)14-4-5-15-9(6-14)11-13-10(12)8(3)16-11/h7,9H,4-6,12H2,1-3H3. The lowest BCUT2D eigenvalue weighted by Crippen LogP contribution is -2.42. The average molecular weight is 241 g/mol. The Labute approximate surface area is 100 Å². The van der Waals surface area contributed by atoms with Crippen LogP contribution in [-0.2, 0) is 4.74 Å². The quantitative estimate of drug-likeness (QED) is 0.858. The van der Waals surface area contributed by atoms with Gasteiger partial charge in [-0.1, -0.05) is 0 Å². The van der Waals surface area contributed by atoms with Crippen LogP contribution in [0.2, 0.25) is 0 Å². The third-order valence-electron chi connectivity index (χ3n) is 2.95. The zero-order chi connectivity index (χ0) is 11.7. The van der Waals surface area contributed by atoms with Crippen LogP contribution < -0.4 is 5.73 Å². The van der Waals surface area contributed by atoms with Gasteiger partial charge in [-0.3, -0.25) is 4.90 Å². The van der Waals surface area contributed by atoms with Gasteiger partial charge in [0.1, 0.15) is 16.9 Å². The number of ether oxygens (including phenoxy) is 1. The van der Waals surface area contributed by atoms with Gasteiger partial charge in [-0.05, 0) is 20.8 Å². The van der Waals surface area contributed by atoms with Crippen molar-refractivity contribution in [2.75, 3.05) is 25.4 Å². The highest BCUT2D eigenvalue weighted by molar-refractivity contribution is 7.12. The summed E-state index contributed by atoms with van der Waals surface area (Å²) in [5.41, 5.74) is 5.77. The van der Waals surface area contributed by atoms with Crippen molar-refractivity contribution in [1.29, 1.82) is 0 Å². The average Bonchev–Trinajstić information content (AvgIpc) is 2.59. The number of hydrogen-bond acceptors (Lipinski definition) is 5. The summed E-state index contributed by atoms with van der Waals surface area (Å²) in [5.74, 6) is 0.644. The van der Waals surface area contributed by atoms with Crippen LogP contribution in [0.15, 0.2) is 0 Å². The summed E-state index contributed by atoms with van der Waals surface area (Å²) in [7, 11) is 0. The number of nitrogens with zero attached hydrogens (tertiary/aromatic N) is 2. The Hall–Kier alpha value is -0.650. The fourth-order valence-electron chi connectivity index (χ4n) is 1.85. The predicted molar refractivity (Wildman–Crippen MR) is 66.7 cm³/mol. The molecule has 0 radical (unpaired) electrons. The van der Waals surface area contributed by atoms with E-state index in [-0.39, 0.29) is 6.10 Å². The highest BCUT2D eigenvalue weighted by atomic mass is 32.1. The Balaban J connectivity index is 2.09. The zero-order valence-electron chi connectivity index (χ0n) is 10.1. The van der Waals surface area contributed by atoms with Gasteiger partial charge in [-0.2, -0.15) is 0 Å². The van der Waals surface area contributed by atoms with Gasteiger partial charge in [0.2, 0.25) is 0 Å². The molecule has 2 N–H and O–H groups in total. The van der Waals surface area contributed by atoms with Crippen molar-refractivity contribution >= 4 is 17.2 Å². The summed E-state index contributed by atoms with van der Waals surface area (Å²) >= 11 is 1.65. The number of nitrogens with two attached hydrogens (primary N) is 1. The largest absolute Gasteiger partial charge is 0.383 e. The minimum Gasteiger partial charge on any atom is -0.383 e. The number of aryl methyl sites for hydroxylation is 1. The molecule has 1 aliphatic rings. The summed E-state index contributed by atoms with van der Waals surface area (Å²) < 4.78 is 5.76. The third-order valence-corrected chi connectivity index (χ3v) is 4.03. The van der Waals surface area contributed by atoms with E-state index in [4.69, 9.17) is 10.5 Å². The molecule has 90 valence electrons. The number of morpholine rings is 1. The molecule has 1 unspecified atom stereocenters. The van der Waals surface area contributed by atoms with E-state index in [0.29, 0.717) is 11.9 Å². The van der Waals surface area contributed by atoms with Gasteiger partial charge in [0, 0.05) is 24.0 Å². The first kappa shape index (κ1) is 11.8. The summed E-state index contributed by atoms with van der Waals surface area (Å²) in [6, 6.07) is 0.560. The molecule has 0 bridgehead atoms. The molecule has 0 amide bonds. The normalized spacial score (nSPS) is 22.9. The van der Waals surface area contributed by atoms with Crippen molar-refractivity contribution in [1.82, 2.24) is 9.88 Å². The Morgan fingerprint density at radius 2 is 2.31 bits per heavy atom. The van der Waals surface area contributed by atoms with E-state index in [0.717, 1.165) is 29.6 Å². The van der Waals surface area contributed by atoms with Crippen LogP contribution in [0.1, 0.15) is 29.8 Å². The molecule has 1 atom stereocenters. The van der Waals surface area contributed by atoms with Crippen molar-refractivity contribution in [3.63, 3.8) is 0 Å². The summed E-state index contributed by atoms with van der Waals surface area (Å²) in [4.78, 5) is 7.87. The second-order valence-corrected chi connectivity index (χ2v) is 5.68. The van der Waals surface area contributed by atoms with Gasteiger partial charge in [0.15, 0.2) is 0 Å². The topological polar surface area (TPSA) is 51.4 Å². The molecular formula is C11H19N3OS. The molecule has 1 fully saturated rings. The highest BCUT2D eigenvalue weighted by Crippen LogP contribution is 2.29. The summed E-state index contributed by atoms with van der Waals surface area (Å²) in [6.07, 6.45) is 0.0946. The van der Waals surface area contributed by atoms with Gasteiger partial charge in [0.25, 0.3) is 0 Å². The zero-order valence-corrected chi connectivity index (χ0v) is 10.9. The molecule has 0 aromatic carbocycles. The van der Waals surface area contributed by atoms with Crippen LogP contribution in [0.5, 0.6) is 0 Å². The minimum atomic E-state index is 0.0946. The van der Waals surface area contributed by atoms with Gasteiger partial charge in [-0.25, -0.2) is 4.98 Å². The molecule has 0 spiro atoms. The molecule has 0 saturated carbocycles. The third kappa shape index (κ3) is 2.36. The van der Waals surface area contributed by atoms with E-state index in [1.54, 1.807) is 11.3 Å². The fraction of sp³-hybridized carbons (Fsp3) is 0.727. The molecule has 16 heavy (non-hydrogen) atoms. The highest BCUT2D eigenvalue weighted by Gasteiger charge is 2.26. The monoisotopic (exact) mass is 241 g/mol. The van der Waals surface area contributed by atoms with E-state index in [1.807, 2.05) is 6.92 Å². The lowest BCUT2D eigenvalue weighted by molar-refractivity contribution is -0.0402. The second-order valence-electron chi connectivity index (χ2n) is 4.44. The minimum absolute atomic E-state index is 0.0946. The van der Waals surface area contributed by atoms with Crippen LogP contribution in [0.4, 0.5) is 5.82 Å². The SMILES string of the molecule is Cc1sc(C2CN(C(C)C)CCO2)nc1N. The molecule has 0 aliphatic carbocycles. The van der Waals surface area contributed by atoms with E-state index in [2.05, 4.69) is 23.7 Å². The Kier molecular flexibility index (Phi) is 3.47. The molecule has 2 rings (SSSR count). The molecule has 5 heteroatoms. The summed E-state index contributed by atoms with van der Waals surface area (Å²) in [5, 5.41) is 1.01. The second kappa shape index (κ2) is 4.69. The predicted octanol–water partition coefficient (Wildman–Crippen LogP) is 1.82. The van der Waals surface area contributed by atoms with Gasteiger partial charge < -0.3 is 10.5 Å². The lowest BCUT2D eigenvalue weighted by atomic mass is 10.2. The van der Waals surface area contributed by atoms with Crippen LogP contribution in [-0.4, -0.2) is 35.6 Å².